The van der Waals surface area contributed by atoms with E-state index in [-0.39, 0.29) is 0 Å². The van der Waals surface area contributed by atoms with Crippen LogP contribution in [0.25, 0.3) is 22.3 Å². The number of fused-ring (bicyclic) bond motifs is 6. The van der Waals surface area contributed by atoms with Crippen LogP contribution < -0.4 is 0 Å². The summed E-state index contributed by atoms with van der Waals surface area (Å²) >= 11 is 0. The molecular weight excluding hydrogens is 396 g/mol. The molecule has 0 heteroatoms. The van der Waals surface area contributed by atoms with Crippen molar-refractivity contribution in [3.8, 4) is 22.3 Å². The summed E-state index contributed by atoms with van der Waals surface area (Å²) < 4.78 is 0. The Bertz CT molecular complexity index is 1240. The Morgan fingerprint density at radius 3 is 1.52 bits per heavy atom. The number of hydrogen-bond acceptors (Lipinski definition) is 0. The van der Waals surface area contributed by atoms with Gasteiger partial charge in [-0.15, -0.1) is 6.58 Å². The molecule has 0 spiro atoms. The fraction of sp³-hybridized carbons (Fsp3) is 0.182. The van der Waals surface area contributed by atoms with Crippen molar-refractivity contribution >= 4 is 0 Å². The monoisotopic (exact) mass is 425 g/mol. The van der Waals surface area contributed by atoms with Crippen molar-refractivity contribution in [2.45, 2.75) is 31.6 Å². The van der Waals surface area contributed by atoms with Gasteiger partial charge in [0, 0.05) is 11.8 Å². The van der Waals surface area contributed by atoms with Crippen molar-refractivity contribution in [1.82, 2.24) is 0 Å². The van der Waals surface area contributed by atoms with Crippen LogP contribution in [0.2, 0.25) is 0 Å². The fourth-order valence-electron chi connectivity index (χ4n) is 6.44. The summed E-state index contributed by atoms with van der Waals surface area (Å²) in [5.74, 6) is 2.74. The zero-order valence-corrected chi connectivity index (χ0v) is 19.2. The fourth-order valence-corrected chi connectivity index (χ4v) is 6.44. The van der Waals surface area contributed by atoms with Gasteiger partial charge in [-0.3, -0.25) is 0 Å². The highest BCUT2D eigenvalue weighted by Crippen LogP contribution is 2.57. The number of benzene rings is 4. The van der Waals surface area contributed by atoms with Gasteiger partial charge < -0.3 is 0 Å². The smallest absolute Gasteiger partial charge is 0.0164 e. The zero-order chi connectivity index (χ0) is 22.4. The van der Waals surface area contributed by atoms with Gasteiger partial charge in [0.15, 0.2) is 0 Å². The topological polar surface area (TPSA) is 0 Å². The van der Waals surface area contributed by atoms with Crippen LogP contribution in [-0.2, 0) is 0 Å². The molecule has 0 aromatic heterocycles. The van der Waals surface area contributed by atoms with Gasteiger partial charge in [0.25, 0.3) is 0 Å². The largest absolute Gasteiger partial charge is 0.103 e. The van der Waals surface area contributed by atoms with E-state index < -0.39 is 0 Å². The van der Waals surface area contributed by atoms with Gasteiger partial charge in [0.05, 0.1) is 0 Å². The summed E-state index contributed by atoms with van der Waals surface area (Å²) in [4.78, 5) is 0. The standard InChI is InChI=1S/C33H29/c1-3-4-13-23(33-30-20-11-7-16-26(30)27-17-8-12-21-31(27)33)22(2)32-28-18-9-5-14-24(28)25-15-6-10-19-29(25)32/h3,5-12,14-21,23,32-33H,1,4,13H2,2H3. The van der Waals surface area contributed by atoms with E-state index in [2.05, 4.69) is 117 Å². The summed E-state index contributed by atoms with van der Waals surface area (Å²) in [6, 6.07) is 36.1. The first-order valence-corrected chi connectivity index (χ1v) is 12.1. The third kappa shape index (κ3) is 3.12. The summed E-state index contributed by atoms with van der Waals surface area (Å²) in [7, 11) is 0. The van der Waals surface area contributed by atoms with Gasteiger partial charge in [-0.05, 0) is 69.2 Å². The van der Waals surface area contributed by atoms with E-state index in [0.29, 0.717) is 17.8 Å². The summed E-state index contributed by atoms with van der Waals surface area (Å²) in [6.45, 7) is 6.48. The van der Waals surface area contributed by atoms with Gasteiger partial charge >= 0.3 is 0 Å². The Morgan fingerprint density at radius 2 is 1.06 bits per heavy atom. The van der Waals surface area contributed by atoms with Crippen LogP contribution in [0.5, 0.6) is 0 Å². The molecule has 0 saturated carbocycles. The van der Waals surface area contributed by atoms with E-state index in [9.17, 15) is 0 Å². The van der Waals surface area contributed by atoms with Crippen molar-refractivity contribution in [2.75, 3.05) is 0 Å². The molecule has 161 valence electrons. The van der Waals surface area contributed by atoms with E-state index in [1.165, 1.54) is 44.5 Å². The van der Waals surface area contributed by atoms with E-state index in [1.807, 2.05) is 0 Å². The molecule has 1 unspecified atom stereocenters. The second kappa shape index (κ2) is 8.19. The maximum atomic E-state index is 4.07. The van der Waals surface area contributed by atoms with Crippen LogP contribution >= 0.6 is 0 Å². The molecule has 1 atom stereocenters. The van der Waals surface area contributed by atoms with Crippen LogP contribution in [0.1, 0.15) is 53.9 Å². The summed E-state index contributed by atoms with van der Waals surface area (Å²) in [6.07, 6.45) is 4.23. The molecule has 33 heavy (non-hydrogen) atoms. The highest BCUT2D eigenvalue weighted by Gasteiger charge is 2.42. The van der Waals surface area contributed by atoms with E-state index in [0.717, 1.165) is 12.8 Å². The molecule has 0 amide bonds. The molecule has 0 heterocycles. The van der Waals surface area contributed by atoms with Crippen LogP contribution in [0.4, 0.5) is 0 Å². The molecule has 0 aliphatic heterocycles. The predicted octanol–water partition coefficient (Wildman–Crippen LogP) is 8.79. The molecule has 2 aliphatic rings. The minimum atomic E-state index is 0.340. The second-order valence-electron chi connectivity index (χ2n) is 9.48. The molecule has 0 saturated heterocycles. The SMILES string of the molecule is C=CCCC([C](C)C1c2ccccc2-c2ccccc21)C1c2ccccc2-c2ccccc21. The first-order chi connectivity index (χ1) is 16.3. The lowest BCUT2D eigenvalue weighted by Gasteiger charge is -2.35. The maximum absolute atomic E-state index is 4.07. The number of hydrogen-bond donors (Lipinski definition) is 0. The average molecular weight is 426 g/mol. The highest BCUT2D eigenvalue weighted by atomic mass is 14.4. The third-order valence-electron chi connectivity index (χ3n) is 7.84. The highest BCUT2D eigenvalue weighted by molar-refractivity contribution is 5.81. The average Bonchev–Trinajstić information content (AvgIpc) is 3.38. The molecule has 0 N–H and O–H groups in total. The lowest BCUT2D eigenvalue weighted by Crippen LogP contribution is -2.23. The minimum absolute atomic E-state index is 0.340. The Kier molecular flexibility index (Phi) is 5.03. The van der Waals surface area contributed by atoms with Crippen molar-refractivity contribution in [1.29, 1.82) is 0 Å². The number of allylic oxidation sites excluding steroid dienone is 1. The van der Waals surface area contributed by atoms with E-state index in [1.54, 1.807) is 5.92 Å². The quantitative estimate of drug-likeness (QED) is 0.271. The molecule has 0 bridgehead atoms. The zero-order valence-electron chi connectivity index (χ0n) is 19.2. The normalized spacial score (nSPS) is 15.1. The van der Waals surface area contributed by atoms with E-state index >= 15 is 0 Å². The van der Waals surface area contributed by atoms with Crippen LogP contribution in [0.15, 0.2) is 110 Å². The van der Waals surface area contributed by atoms with Gasteiger partial charge in [-0.25, -0.2) is 0 Å². The Labute approximate surface area is 197 Å². The molecule has 0 fully saturated rings. The van der Waals surface area contributed by atoms with Crippen LogP contribution in [0.3, 0.4) is 0 Å². The summed E-state index contributed by atoms with van der Waals surface area (Å²) in [5, 5.41) is 0. The van der Waals surface area contributed by atoms with Gasteiger partial charge in [0.2, 0.25) is 0 Å². The van der Waals surface area contributed by atoms with Crippen molar-refractivity contribution in [2.24, 2.45) is 5.92 Å². The Balaban J connectivity index is 1.50. The molecule has 2 aliphatic carbocycles. The molecule has 1 radical (unpaired) electrons. The maximum Gasteiger partial charge on any atom is 0.0164 e. The first kappa shape index (κ1) is 20.2. The Morgan fingerprint density at radius 1 is 0.667 bits per heavy atom. The van der Waals surface area contributed by atoms with Crippen molar-refractivity contribution in [3.05, 3.63) is 138 Å². The molecule has 6 rings (SSSR count). The molecule has 0 nitrogen and oxygen atoms in total. The predicted molar refractivity (Wildman–Crippen MR) is 139 cm³/mol. The molecule has 4 aromatic rings. The third-order valence-corrected chi connectivity index (χ3v) is 7.84. The number of rotatable bonds is 6. The Hall–Kier alpha value is -3.38. The lowest BCUT2D eigenvalue weighted by molar-refractivity contribution is 0.432. The van der Waals surface area contributed by atoms with Crippen molar-refractivity contribution in [3.63, 3.8) is 0 Å². The first-order valence-electron chi connectivity index (χ1n) is 12.1. The summed E-state index contributed by atoms with van der Waals surface area (Å²) in [5.41, 5.74) is 11.5. The van der Waals surface area contributed by atoms with Crippen molar-refractivity contribution < 1.29 is 0 Å². The van der Waals surface area contributed by atoms with E-state index in [4.69, 9.17) is 0 Å². The second-order valence-corrected chi connectivity index (χ2v) is 9.48. The van der Waals surface area contributed by atoms with Crippen LogP contribution in [0, 0.1) is 11.8 Å². The van der Waals surface area contributed by atoms with Gasteiger partial charge in [0.1, 0.15) is 0 Å². The molecular formula is C33H29. The van der Waals surface area contributed by atoms with Gasteiger partial charge in [-0.1, -0.05) is 110 Å². The van der Waals surface area contributed by atoms with Gasteiger partial charge in [-0.2, -0.15) is 0 Å². The minimum Gasteiger partial charge on any atom is -0.103 e. The van der Waals surface area contributed by atoms with Crippen LogP contribution in [-0.4, -0.2) is 0 Å². The lowest BCUT2D eigenvalue weighted by atomic mass is 9.68. The molecule has 4 aromatic carbocycles.